The van der Waals surface area contributed by atoms with Crippen molar-refractivity contribution in [1.82, 2.24) is 9.47 Å². The smallest absolute Gasteiger partial charge is 0.270 e. The van der Waals surface area contributed by atoms with E-state index in [1.807, 2.05) is 0 Å². The van der Waals surface area contributed by atoms with Crippen LogP contribution in [0.3, 0.4) is 0 Å². The van der Waals surface area contributed by atoms with Gasteiger partial charge in [-0.3, -0.25) is 4.79 Å². The number of aliphatic hydroxyl groups excluding tert-OH is 1. The van der Waals surface area contributed by atoms with Gasteiger partial charge in [0.1, 0.15) is 5.69 Å². The van der Waals surface area contributed by atoms with Crippen LogP contribution in [0, 0.1) is 0 Å². The lowest BCUT2D eigenvalue weighted by atomic mass is 10.3. The second-order valence-corrected chi connectivity index (χ2v) is 4.44. The van der Waals surface area contributed by atoms with E-state index in [1.54, 1.807) is 23.9 Å². The van der Waals surface area contributed by atoms with Crippen LogP contribution >= 0.6 is 15.9 Å². The minimum Gasteiger partial charge on any atom is -0.395 e. The van der Waals surface area contributed by atoms with Gasteiger partial charge in [-0.1, -0.05) is 0 Å². The number of hydrogen-bond acceptors (Lipinski definition) is 2. The van der Waals surface area contributed by atoms with E-state index in [1.165, 1.54) is 0 Å². The highest BCUT2D eigenvalue weighted by molar-refractivity contribution is 9.10. The quantitative estimate of drug-likeness (QED) is 0.895. The van der Waals surface area contributed by atoms with Gasteiger partial charge >= 0.3 is 0 Å². The Bertz CT molecular complexity index is 396. The number of rotatable bonds is 5. The molecule has 0 unspecified atom stereocenters. The summed E-state index contributed by atoms with van der Waals surface area (Å²) in [5.74, 6) is -0.521. The summed E-state index contributed by atoms with van der Waals surface area (Å²) in [5.41, 5.74) is 0.297. The van der Waals surface area contributed by atoms with Crippen LogP contribution < -0.4 is 0 Å². The molecule has 0 saturated carbocycles. The van der Waals surface area contributed by atoms with Crippen LogP contribution in [-0.2, 0) is 7.05 Å². The largest absolute Gasteiger partial charge is 0.395 e. The molecule has 1 rings (SSSR count). The molecule has 17 heavy (non-hydrogen) atoms. The molecule has 1 aromatic heterocycles. The Balaban J connectivity index is 2.87. The van der Waals surface area contributed by atoms with E-state index < -0.39 is 18.9 Å². The highest BCUT2D eigenvalue weighted by atomic mass is 79.9. The maximum atomic E-state index is 12.3. The molecular weight excluding hydrogens is 298 g/mol. The molecule has 96 valence electrons. The van der Waals surface area contributed by atoms with E-state index in [4.69, 9.17) is 5.11 Å². The third-order valence-corrected chi connectivity index (χ3v) is 2.64. The molecule has 0 spiro atoms. The van der Waals surface area contributed by atoms with Crippen LogP contribution in [0.2, 0.25) is 0 Å². The maximum absolute atomic E-state index is 12.3. The summed E-state index contributed by atoms with van der Waals surface area (Å²) < 4.78 is 26.8. The summed E-state index contributed by atoms with van der Waals surface area (Å²) in [7, 11) is 1.65. The van der Waals surface area contributed by atoms with Gasteiger partial charge in [-0.05, 0) is 22.0 Å². The molecule has 0 aliphatic carbocycles. The first-order valence-electron chi connectivity index (χ1n) is 4.96. The number of alkyl halides is 2. The van der Waals surface area contributed by atoms with Crippen molar-refractivity contribution in [3.05, 3.63) is 22.4 Å². The zero-order valence-corrected chi connectivity index (χ0v) is 10.8. The molecule has 4 nitrogen and oxygen atoms in total. The van der Waals surface area contributed by atoms with Gasteiger partial charge in [0.2, 0.25) is 0 Å². The van der Waals surface area contributed by atoms with E-state index in [9.17, 15) is 13.6 Å². The highest BCUT2D eigenvalue weighted by Gasteiger charge is 2.21. The number of amides is 1. The third kappa shape index (κ3) is 3.78. The van der Waals surface area contributed by atoms with Gasteiger partial charge in [0.15, 0.2) is 0 Å². The molecule has 1 N–H and O–H groups in total. The summed E-state index contributed by atoms with van der Waals surface area (Å²) in [6.07, 6.45) is -0.957. The Labute approximate surface area is 106 Å². The van der Waals surface area contributed by atoms with Crippen LogP contribution in [0.1, 0.15) is 10.5 Å². The monoisotopic (exact) mass is 310 g/mol. The molecule has 0 saturated heterocycles. The molecule has 0 aromatic carbocycles. The Hall–Kier alpha value is -0.950. The second kappa shape index (κ2) is 6.11. The van der Waals surface area contributed by atoms with E-state index in [0.717, 1.165) is 4.90 Å². The maximum Gasteiger partial charge on any atom is 0.270 e. The Morgan fingerprint density at radius 3 is 2.71 bits per heavy atom. The fourth-order valence-electron chi connectivity index (χ4n) is 1.46. The Morgan fingerprint density at radius 2 is 2.29 bits per heavy atom. The average Bonchev–Trinajstić information content (AvgIpc) is 2.55. The average molecular weight is 311 g/mol. The van der Waals surface area contributed by atoms with E-state index >= 15 is 0 Å². The van der Waals surface area contributed by atoms with Crippen molar-refractivity contribution < 1.29 is 18.7 Å². The fourth-order valence-corrected chi connectivity index (χ4v) is 1.99. The second-order valence-electron chi connectivity index (χ2n) is 3.52. The molecule has 1 aromatic rings. The summed E-state index contributed by atoms with van der Waals surface area (Å²) >= 11 is 3.20. The lowest BCUT2D eigenvalue weighted by Crippen LogP contribution is -2.38. The van der Waals surface area contributed by atoms with Crippen LogP contribution in [0.15, 0.2) is 16.7 Å². The first-order chi connectivity index (χ1) is 7.95. The fraction of sp³-hybridized carbons (Fsp3) is 0.500. The minimum atomic E-state index is -2.62. The zero-order chi connectivity index (χ0) is 13.0. The van der Waals surface area contributed by atoms with Crippen molar-refractivity contribution in [1.29, 1.82) is 0 Å². The SMILES string of the molecule is Cn1cc(Br)cc1C(=O)N(CCO)CC(F)F. The highest BCUT2D eigenvalue weighted by Crippen LogP contribution is 2.15. The molecule has 0 aliphatic rings. The van der Waals surface area contributed by atoms with Gasteiger partial charge in [-0.25, -0.2) is 8.78 Å². The zero-order valence-electron chi connectivity index (χ0n) is 9.24. The summed E-state index contributed by atoms with van der Waals surface area (Å²) in [4.78, 5) is 12.9. The van der Waals surface area contributed by atoms with Crippen molar-refractivity contribution in [2.75, 3.05) is 19.7 Å². The molecule has 0 bridgehead atoms. The third-order valence-electron chi connectivity index (χ3n) is 2.21. The number of aryl methyl sites for hydroxylation is 1. The van der Waals surface area contributed by atoms with Crippen molar-refractivity contribution in [2.45, 2.75) is 6.43 Å². The Kier molecular flexibility index (Phi) is 5.07. The summed E-state index contributed by atoms with van der Waals surface area (Å²) in [5, 5.41) is 8.77. The number of carbonyl (C=O) groups is 1. The first-order valence-corrected chi connectivity index (χ1v) is 5.75. The molecule has 0 fully saturated rings. The van der Waals surface area contributed by atoms with Crippen LogP contribution in [-0.4, -0.2) is 46.6 Å². The van der Waals surface area contributed by atoms with Crippen molar-refractivity contribution in [3.63, 3.8) is 0 Å². The number of hydrogen-bond donors (Lipinski definition) is 1. The molecule has 1 heterocycles. The van der Waals surface area contributed by atoms with Crippen molar-refractivity contribution in [3.8, 4) is 0 Å². The predicted molar refractivity (Wildman–Crippen MR) is 62.1 cm³/mol. The summed E-state index contributed by atoms with van der Waals surface area (Å²) in [6.45, 7) is -1.13. The number of nitrogens with zero attached hydrogens (tertiary/aromatic N) is 2. The molecular formula is C10H13BrF2N2O2. The molecule has 7 heteroatoms. The number of aromatic nitrogens is 1. The van der Waals surface area contributed by atoms with Gasteiger partial charge in [0.25, 0.3) is 12.3 Å². The van der Waals surface area contributed by atoms with Crippen molar-refractivity contribution in [2.24, 2.45) is 7.05 Å². The van der Waals surface area contributed by atoms with Gasteiger partial charge in [0.05, 0.1) is 13.2 Å². The van der Waals surface area contributed by atoms with Crippen LogP contribution in [0.4, 0.5) is 8.78 Å². The van der Waals surface area contributed by atoms with Crippen LogP contribution in [0.25, 0.3) is 0 Å². The van der Waals surface area contributed by atoms with E-state index in [-0.39, 0.29) is 13.2 Å². The number of carbonyl (C=O) groups excluding carboxylic acids is 1. The topological polar surface area (TPSA) is 45.5 Å². The Morgan fingerprint density at radius 1 is 1.65 bits per heavy atom. The molecule has 0 atom stereocenters. The predicted octanol–water partition coefficient (Wildman–Crippen LogP) is 1.49. The number of halogens is 3. The number of aliphatic hydroxyl groups is 1. The molecule has 0 radical (unpaired) electrons. The van der Waals surface area contributed by atoms with Gasteiger partial charge in [0, 0.05) is 24.3 Å². The molecule has 0 aliphatic heterocycles. The van der Waals surface area contributed by atoms with Gasteiger partial charge < -0.3 is 14.6 Å². The summed E-state index contributed by atoms with van der Waals surface area (Å²) in [6, 6.07) is 1.55. The lowest BCUT2D eigenvalue weighted by Gasteiger charge is -2.21. The minimum absolute atomic E-state index is 0.105. The van der Waals surface area contributed by atoms with Gasteiger partial charge in [-0.15, -0.1) is 0 Å². The van der Waals surface area contributed by atoms with Crippen molar-refractivity contribution >= 4 is 21.8 Å². The van der Waals surface area contributed by atoms with E-state index in [2.05, 4.69) is 15.9 Å². The van der Waals surface area contributed by atoms with Gasteiger partial charge in [-0.2, -0.15) is 0 Å². The van der Waals surface area contributed by atoms with E-state index in [0.29, 0.717) is 10.2 Å². The standard InChI is InChI=1S/C10H13BrF2N2O2/c1-14-5-7(11)4-8(14)10(17)15(2-3-16)6-9(12)13/h4-5,9,16H,2-3,6H2,1H3. The normalized spacial score (nSPS) is 10.9. The first kappa shape index (κ1) is 14.1. The lowest BCUT2D eigenvalue weighted by molar-refractivity contribution is 0.0501. The van der Waals surface area contributed by atoms with Crippen LogP contribution in [0.5, 0.6) is 0 Å². The molecule has 1 amide bonds.